The van der Waals surface area contributed by atoms with Crippen LogP contribution in [0.1, 0.15) is 22.3 Å². The molecule has 47 heavy (non-hydrogen) atoms. The van der Waals surface area contributed by atoms with E-state index in [1.165, 1.54) is 98.7 Å². The Morgan fingerprint density at radius 3 is 1.77 bits per heavy atom. The fourth-order valence-corrected chi connectivity index (χ4v) is 9.19. The predicted molar refractivity (Wildman–Crippen MR) is 198 cm³/mol. The van der Waals surface area contributed by atoms with Crippen LogP contribution in [-0.4, -0.2) is 0 Å². The fraction of sp³-hybridized carbons (Fsp3) is 0.0213. The van der Waals surface area contributed by atoms with Crippen molar-refractivity contribution in [2.75, 3.05) is 0 Å². The minimum absolute atomic E-state index is 0.494. The highest BCUT2D eigenvalue weighted by atomic mass is 14.5. The summed E-state index contributed by atoms with van der Waals surface area (Å²) in [6.45, 7) is 0. The number of rotatable bonds is 1. The Balaban J connectivity index is 1.37. The first kappa shape index (κ1) is 25.2. The van der Waals surface area contributed by atoms with Crippen molar-refractivity contribution >= 4 is 43.1 Å². The highest BCUT2D eigenvalue weighted by Gasteiger charge is 2.51. The van der Waals surface area contributed by atoms with Crippen LogP contribution in [-0.2, 0) is 5.41 Å². The van der Waals surface area contributed by atoms with Crippen LogP contribution in [0.4, 0.5) is 0 Å². The summed E-state index contributed by atoms with van der Waals surface area (Å²) in [7, 11) is 0. The van der Waals surface area contributed by atoms with Gasteiger partial charge in [-0.05, 0) is 111 Å². The molecule has 9 aromatic rings. The van der Waals surface area contributed by atoms with Gasteiger partial charge >= 0.3 is 0 Å². The van der Waals surface area contributed by atoms with Gasteiger partial charge in [-0.3, -0.25) is 0 Å². The Bertz CT molecular complexity index is 2790. The summed E-state index contributed by atoms with van der Waals surface area (Å²) < 4.78 is 0. The molecule has 0 heterocycles. The monoisotopic (exact) mass is 592 g/mol. The van der Waals surface area contributed by atoms with Crippen LogP contribution in [0, 0.1) is 0 Å². The normalized spacial score (nSPS) is 15.7. The molecule has 2 aliphatic rings. The first-order chi connectivity index (χ1) is 23.3. The molecule has 1 atom stereocenters. The van der Waals surface area contributed by atoms with Gasteiger partial charge in [-0.15, -0.1) is 0 Å². The molecule has 0 amide bonds. The van der Waals surface area contributed by atoms with Crippen LogP contribution >= 0.6 is 0 Å². The van der Waals surface area contributed by atoms with Crippen molar-refractivity contribution in [2.24, 2.45) is 0 Å². The van der Waals surface area contributed by atoms with Crippen molar-refractivity contribution in [1.29, 1.82) is 0 Å². The zero-order valence-electron chi connectivity index (χ0n) is 25.7. The predicted octanol–water partition coefficient (Wildman–Crippen LogP) is 12.3. The highest BCUT2D eigenvalue weighted by molar-refractivity contribution is 6.22. The largest absolute Gasteiger partial charge is 0.0732 e. The maximum Gasteiger partial charge on any atom is 0.0732 e. The van der Waals surface area contributed by atoms with Gasteiger partial charge in [0, 0.05) is 0 Å². The smallest absolute Gasteiger partial charge is 0.0619 e. The molecule has 0 saturated carbocycles. The van der Waals surface area contributed by atoms with Crippen LogP contribution in [0.2, 0.25) is 0 Å². The van der Waals surface area contributed by atoms with Crippen molar-refractivity contribution in [2.45, 2.75) is 5.41 Å². The third-order valence-electron chi connectivity index (χ3n) is 11.0. The molecular weight excluding hydrogens is 565 g/mol. The molecule has 0 fully saturated rings. The lowest BCUT2D eigenvalue weighted by atomic mass is 9.59. The standard InChI is InChI=1S/C47H28/c1-2-12-31-27-32(24-23-29(31)11-1)33-25-26-37-36-17-7-8-21-41(36)47(43(37)28-33)42-22-10-14-30-13-9-20-40(44(30)42)45-38-18-5-3-15-34(38)35-16-4-6-19-39(35)46(45)47/h1-28H. The second-order valence-corrected chi connectivity index (χ2v) is 13.2. The molecule has 9 aromatic carbocycles. The van der Waals surface area contributed by atoms with E-state index in [-0.39, 0.29) is 0 Å². The van der Waals surface area contributed by atoms with Gasteiger partial charge in [-0.25, -0.2) is 0 Å². The molecule has 0 aromatic heterocycles. The quantitative estimate of drug-likeness (QED) is 0.166. The molecule has 0 bridgehead atoms. The van der Waals surface area contributed by atoms with Gasteiger partial charge in [0.25, 0.3) is 0 Å². The Morgan fingerprint density at radius 2 is 0.894 bits per heavy atom. The van der Waals surface area contributed by atoms with E-state index >= 15 is 0 Å². The summed E-state index contributed by atoms with van der Waals surface area (Å²) in [6.07, 6.45) is 0. The number of fused-ring (bicyclic) bond motifs is 15. The van der Waals surface area contributed by atoms with Crippen LogP contribution in [0.15, 0.2) is 170 Å². The van der Waals surface area contributed by atoms with E-state index in [2.05, 4.69) is 170 Å². The Hall–Kier alpha value is -5.98. The van der Waals surface area contributed by atoms with Crippen molar-refractivity contribution in [3.63, 3.8) is 0 Å². The van der Waals surface area contributed by atoms with Gasteiger partial charge in [0.15, 0.2) is 0 Å². The molecule has 0 aliphatic heterocycles. The lowest BCUT2D eigenvalue weighted by molar-refractivity contribution is 0.783. The minimum Gasteiger partial charge on any atom is -0.0619 e. The van der Waals surface area contributed by atoms with Gasteiger partial charge in [-0.1, -0.05) is 158 Å². The third-order valence-corrected chi connectivity index (χ3v) is 11.0. The van der Waals surface area contributed by atoms with E-state index < -0.39 is 5.41 Å². The second kappa shape index (κ2) is 9.06. The van der Waals surface area contributed by atoms with Crippen molar-refractivity contribution in [3.05, 3.63) is 192 Å². The SMILES string of the molecule is c1ccc2c(c1)-c1ccc(-c3ccc4ccccc4c3)cc1C21c2c(c3ccccc3c3ccccc23)-c2cccc3cccc1c23. The van der Waals surface area contributed by atoms with Gasteiger partial charge in [0.05, 0.1) is 5.41 Å². The van der Waals surface area contributed by atoms with Crippen molar-refractivity contribution in [3.8, 4) is 33.4 Å². The summed E-state index contributed by atoms with van der Waals surface area (Å²) >= 11 is 0. The fourth-order valence-electron chi connectivity index (χ4n) is 9.19. The molecular formula is C47H28. The van der Waals surface area contributed by atoms with Gasteiger partial charge in [-0.2, -0.15) is 0 Å². The van der Waals surface area contributed by atoms with E-state index in [1.807, 2.05) is 0 Å². The maximum absolute atomic E-state index is 2.51. The summed E-state index contributed by atoms with van der Waals surface area (Å²) in [5, 5.41) is 10.5. The molecule has 0 N–H and O–H groups in total. The molecule has 216 valence electrons. The number of hydrogen-bond donors (Lipinski definition) is 0. The van der Waals surface area contributed by atoms with Crippen molar-refractivity contribution < 1.29 is 0 Å². The molecule has 2 aliphatic carbocycles. The summed E-state index contributed by atoms with van der Waals surface area (Å²) in [6, 6.07) is 63.9. The van der Waals surface area contributed by atoms with Crippen LogP contribution in [0.5, 0.6) is 0 Å². The molecule has 0 saturated heterocycles. The van der Waals surface area contributed by atoms with Crippen LogP contribution < -0.4 is 0 Å². The average molecular weight is 593 g/mol. The molecule has 1 spiro atoms. The number of benzene rings is 9. The number of hydrogen-bond acceptors (Lipinski definition) is 0. The average Bonchev–Trinajstić information content (AvgIpc) is 3.43. The summed E-state index contributed by atoms with van der Waals surface area (Å²) in [4.78, 5) is 0. The van der Waals surface area contributed by atoms with Crippen LogP contribution in [0.3, 0.4) is 0 Å². The Labute approximate surface area is 273 Å². The first-order valence-corrected chi connectivity index (χ1v) is 16.5. The molecule has 0 heteroatoms. The maximum atomic E-state index is 2.51. The molecule has 0 radical (unpaired) electrons. The molecule has 11 rings (SSSR count). The summed E-state index contributed by atoms with van der Waals surface area (Å²) in [5.74, 6) is 0. The first-order valence-electron chi connectivity index (χ1n) is 16.5. The Morgan fingerprint density at radius 1 is 0.319 bits per heavy atom. The van der Waals surface area contributed by atoms with E-state index in [0.717, 1.165) is 0 Å². The zero-order chi connectivity index (χ0) is 30.7. The lowest BCUT2D eigenvalue weighted by Gasteiger charge is -2.41. The van der Waals surface area contributed by atoms with Gasteiger partial charge in [0.2, 0.25) is 0 Å². The van der Waals surface area contributed by atoms with E-state index in [9.17, 15) is 0 Å². The molecule has 1 unspecified atom stereocenters. The van der Waals surface area contributed by atoms with E-state index in [4.69, 9.17) is 0 Å². The van der Waals surface area contributed by atoms with E-state index in [0.29, 0.717) is 0 Å². The lowest BCUT2D eigenvalue weighted by Crippen LogP contribution is -2.32. The van der Waals surface area contributed by atoms with E-state index in [1.54, 1.807) is 0 Å². The highest BCUT2D eigenvalue weighted by Crippen LogP contribution is 2.64. The second-order valence-electron chi connectivity index (χ2n) is 13.2. The molecule has 0 nitrogen and oxygen atoms in total. The van der Waals surface area contributed by atoms with Gasteiger partial charge in [0.1, 0.15) is 0 Å². The minimum atomic E-state index is -0.494. The van der Waals surface area contributed by atoms with Gasteiger partial charge < -0.3 is 0 Å². The Kier molecular flexibility index (Phi) is 4.86. The third kappa shape index (κ3) is 3.13. The van der Waals surface area contributed by atoms with Crippen molar-refractivity contribution in [1.82, 2.24) is 0 Å². The summed E-state index contributed by atoms with van der Waals surface area (Å²) in [5.41, 5.74) is 12.9. The topological polar surface area (TPSA) is 0 Å². The van der Waals surface area contributed by atoms with Crippen LogP contribution in [0.25, 0.3) is 76.5 Å². The zero-order valence-corrected chi connectivity index (χ0v) is 25.7.